The molecule has 128 valence electrons. The van der Waals surface area contributed by atoms with Gasteiger partial charge < -0.3 is 10.0 Å². The summed E-state index contributed by atoms with van der Waals surface area (Å²) >= 11 is 1.59. The van der Waals surface area contributed by atoms with E-state index in [9.17, 15) is 9.59 Å². The van der Waals surface area contributed by atoms with Crippen molar-refractivity contribution in [2.45, 2.75) is 25.9 Å². The highest BCUT2D eigenvalue weighted by molar-refractivity contribution is 7.18. The van der Waals surface area contributed by atoms with Gasteiger partial charge in [-0.25, -0.2) is 4.98 Å². The molecule has 2 heterocycles. The van der Waals surface area contributed by atoms with Crippen molar-refractivity contribution in [3.63, 3.8) is 0 Å². The van der Waals surface area contributed by atoms with Crippen LogP contribution in [0.15, 0.2) is 24.3 Å². The van der Waals surface area contributed by atoms with Crippen molar-refractivity contribution in [2.24, 2.45) is 5.92 Å². The van der Waals surface area contributed by atoms with E-state index in [1.54, 1.807) is 23.3 Å². The number of benzene rings is 1. The smallest absolute Gasteiger partial charge is 0.307 e. The lowest BCUT2D eigenvalue weighted by molar-refractivity contribution is -0.142. The molecule has 1 aliphatic heterocycles. The zero-order valence-corrected chi connectivity index (χ0v) is 14.6. The number of hydrogen-bond donors (Lipinski definition) is 1. The molecule has 1 saturated heterocycles. The first-order valence-electron chi connectivity index (χ1n) is 8.02. The van der Waals surface area contributed by atoms with E-state index in [0.29, 0.717) is 26.1 Å². The predicted octanol–water partition coefficient (Wildman–Crippen LogP) is 2.05. The number of aromatic nitrogens is 1. The summed E-state index contributed by atoms with van der Waals surface area (Å²) in [7, 11) is 1.77. The number of nitrogens with zero attached hydrogens (tertiary/aromatic N) is 3. The summed E-state index contributed by atoms with van der Waals surface area (Å²) in [6.07, 6.45) is 0.606. The molecule has 0 radical (unpaired) electrons. The molecule has 0 aliphatic carbocycles. The molecule has 0 bridgehead atoms. The summed E-state index contributed by atoms with van der Waals surface area (Å²) < 4.78 is 1.12. The van der Waals surface area contributed by atoms with Crippen molar-refractivity contribution in [1.82, 2.24) is 14.8 Å². The highest BCUT2D eigenvalue weighted by atomic mass is 32.1. The number of carbonyl (C=O) groups is 2. The first-order valence-corrected chi connectivity index (χ1v) is 8.83. The number of carboxylic acid groups (broad SMARTS) is 1. The number of likely N-dealkylation sites (N-methyl/N-ethyl adjacent to an activating group) is 1. The van der Waals surface area contributed by atoms with Gasteiger partial charge in [0.1, 0.15) is 5.01 Å². The van der Waals surface area contributed by atoms with Gasteiger partial charge in [-0.15, -0.1) is 11.3 Å². The Morgan fingerprint density at radius 3 is 2.88 bits per heavy atom. The molecule has 2 unspecified atom stereocenters. The van der Waals surface area contributed by atoms with E-state index in [1.807, 2.05) is 36.1 Å². The minimum absolute atomic E-state index is 0.000273. The molecular formula is C17H21N3O3S. The van der Waals surface area contributed by atoms with Crippen LogP contribution in [0.2, 0.25) is 0 Å². The van der Waals surface area contributed by atoms with Crippen molar-refractivity contribution < 1.29 is 14.7 Å². The quantitative estimate of drug-likeness (QED) is 0.896. The van der Waals surface area contributed by atoms with Crippen LogP contribution in [-0.2, 0) is 16.1 Å². The Labute approximate surface area is 144 Å². The van der Waals surface area contributed by atoms with Crippen LogP contribution < -0.4 is 0 Å². The zero-order chi connectivity index (χ0) is 17.3. The maximum Gasteiger partial charge on any atom is 0.307 e. The van der Waals surface area contributed by atoms with Crippen molar-refractivity contribution in [1.29, 1.82) is 0 Å². The van der Waals surface area contributed by atoms with E-state index in [2.05, 4.69) is 4.98 Å². The Balaban J connectivity index is 1.62. The summed E-state index contributed by atoms with van der Waals surface area (Å²) in [4.78, 5) is 31.9. The van der Waals surface area contributed by atoms with Gasteiger partial charge in [0.2, 0.25) is 5.91 Å². The largest absolute Gasteiger partial charge is 0.481 e. The van der Waals surface area contributed by atoms with Crippen LogP contribution in [-0.4, -0.2) is 57.9 Å². The van der Waals surface area contributed by atoms with Crippen molar-refractivity contribution in [3.8, 4) is 0 Å². The van der Waals surface area contributed by atoms with Crippen molar-refractivity contribution in [2.75, 3.05) is 20.1 Å². The Kier molecular flexibility index (Phi) is 4.82. The topological polar surface area (TPSA) is 73.7 Å². The van der Waals surface area contributed by atoms with Gasteiger partial charge in [-0.1, -0.05) is 12.1 Å². The number of rotatable bonds is 5. The number of aliphatic carboxylic acids is 1. The fraction of sp³-hybridized carbons (Fsp3) is 0.471. The number of amides is 1. The van der Waals surface area contributed by atoms with Crippen LogP contribution in [0.25, 0.3) is 10.2 Å². The number of carbonyl (C=O) groups excluding carboxylic acids is 1. The predicted molar refractivity (Wildman–Crippen MR) is 92.9 cm³/mol. The number of likely N-dealkylation sites (tertiary alicyclic amines) is 1. The van der Waals surface area contributed by atoms with E-state index in [1.165, 1.54) is 0 Å². The number of carboxylic acids is 1. The van der Waals surface area contributed by atoms with E-state index in [0.717, 1.165) is 15.2 Å². The first-order chi connectivity index (χ1) is 11.5. The molecule has 6 nitrogen and oxygen atoms in total. The lowest BCUT2D eigenvalue weighted by atomic mass is 10.1. The molecular weight excluding hydrogens is 326 g/mol. The third-order valence-electron chi connectivity index (χ3n) is 4.56. The van der Waals surface area contributed by atoms with Crippen LogP contribution in [0.5, 0.6) is 0 Å². The molecule has 2 atom stereocenters. The SMILES string of the molecule is CC(C(=O)N(C)Cc1nc2ccccc2s1)N1CCC(C(=O)O)C1. The number of hydrogen-bond acceptors (Lipinski definition) is 5. The lowest BCUT2D eigenvalue weighted by Gasteiger charge is -2.27. The lowest BCUT2D eigenvalue weighted by Crippen LogP contribution is -2.44. The van der Waals surface area contributed by atoms with Crippen molar-refractivity contribution in [3.05, 3.63) is 29.3 Å². The zero-order valence-electron chi connectivity index (χ0n) is 13.8. The number of thiazole rings is 1. The maximum atomic E-state index is 12.6. The van der Waals surface area contributed by atoms with Gasteiger partial charge >= 0.3 is 5.97 Å². The Morgan fingerprint density at radius 1 is 1.46 bits per heavy atom. The maximum absolute atomic E-state index is 12.6. The Hall–Kier alpha value is -1.99. The van der Waals surface area contributed by atoms with Gasteiger partial charge in [-0.2, -0.15) is 0 Å². The molecule has 7 heteroatoms. The van der Waals surface area contributed by atoms with Crippen LogP contribution in [0.3, 0.4) is 0 Å². The van der Waals surface area contributed by atoms with E-state index >= 15 is 0 Å². The first kappa shape index (κ1) is 16.9. The normalized spacial score (nSPS) is 19.5. The second kappa shape index (κ2) is 6.86. The average Bonchev–Trinajstić information content (AvgIpc) is 3.19. The molecule has 2 aromatic rings. The van der Waals surface area contributed by atoms with Crippen LogP contribution in [0.1, 0.15) is 18.4 Å². The van der Waals surface area contributed by atoms with Crippen LogP contribution >= 0.6 is 11.3 Å². The molecule has 1 aliphatic rings. The highest BCUT2D eigenvalue weighted by Crippen LogP contribution is 2.23. The standard InChI is InChI=1S/C17H21N3O3S/c1-11(20-8-7-12(9-20)17(22)23)16(21)19(2)10-15-18-13-5-3-4-6-14(13)24-15/h3-6,11-12H,7-10H2,1-2H3,(H,22,23). The summed E-state index contributed by atoms with van der Waals surface area (Å²) in [5, 5.41) is 10.0. The van der Waals surface area contributed by atoms with E-state index in [4.69, 9.17) is 5.11 Å². The molecule has 0 saturated carbocycles. The third kappa shape index (κ3) is 3.42. The van der Waals surface area contributed by atoms with Gasteiger partial charge in [-0.3, -0.25) is 14.5 Å². The Morgan fingerprint density at radius 2 is 2.21 bits per heavy atom. The third-order valence-corrected chi connectivity index (χ3v) is 5.58. The monoisotopic (exact) mass is 347 g/mol. The molecule has 24 heavy (non-hydrogen) atoms. The average molecular weight is 347 g/mol. The summed E-state index contributed by atoms with van der Waals surface area (Å²) in [6, 6.07) is 7.61. The van der Waals surface area contributed by atoms with Gasteiger partial charge in [0.05, 0.1) is 28.7 Å². The second-order valence-corrected chi connectivity index (χ2v) is 7.38. The van der Waals surface area contributed by atoms with Gasteiger partial charge in [0.25, 0.3) is 0 Å². The number of fused-ring (bicyclic) bond motifs is 1. The molecule has 1 fully saturated rings. The van der Waals surface area contributed by atoms with Crippen LogP contribution in [0, 0.1) is 5.92 Å². The highest BCUT2D eigenvalue weighted by Gasteiger charge is 2.34. The van der Waals surface area contributed by atoms with Crippen LogP contribution in [0.4, 0.5) is 0 Å². The minimum Gasteiger partial charge on any atom is -0.481 e. The minimum atomic E-state index is -0.778. The van der Waals surface area contributed by atoms with E-state index < -0.39 is 5.97 Å². The van der Waals surface area contributed by atoms with Gasteiger partial charge in [-0.05, 0) is 32.0 Å². The summed E-state index contributed by atoms with van der Waals surface area (Å²) in [5.41, 5.74) is 0.954. The second-order valence-electron chi connectivity index (χ2n) is 6.26. The molecule has 1 amide bonds. The molecule has 3 rings (SSSR count). The fourth-order valence-electron chi connectivity index (χ4n) is 3.08. The molecule has 1 N–H and O–H groups in total. The van der Waals surface area contributed by atoms with Gasteiger partial charge in [0, 0.05) is 13.6 Å². The summed E-state index contributed by atoms with van der Waals surface area (Å²) in [5.74, 6) is -1.14. The molecule has 1 aromatic heterocycles. The molecule has 0 spiro atoms. The number of para-hydroxylation sites is 1. The van der Waals surface area contributed by atoms with Gasteiger partial charge in [0.15, 0.2) is 0 Å². The summed E-state index contributed by atoms with van der Waals surface area (Å²) in [6.45, 7) is 3.41. The van der Waals surface area contributed by atoms with Crippen molar-refractivity contribution >= 4 is 33.4 Å². The van der Waals surface area contributed by atoms with E-state index in [-0.39, 0.29) is 17.9 Å². The fourth-order valence-corrected chi connectivity index (χ4v) is 4.11. The Bertz CT molecular complexity index is 727. The molecule has 1 aromatic carbocycles.